The van der Waals surface area contributed by atoms with E-state index in [0.29, 0.717) is 16.5 Å². The number of fused-ring (bicyclic) bond motifs is 1. The molecular formula is C24H26O11. The van der Waals surface area contributed by atoms with Crippen LogP contribution in [0.5, 0.6) is 0 Å². The van der Waals surface area contributed by atoms with Gasteiger partial charge in [-0.1, -0.05) is 18.2 Å². The van der Waals surface area contributed by atoms with E-state index in [2.05, 4.69) is 0 Å². The van der Waals surface area contributed by atoms with Crippen molar-refractivity contribution in [1.29, 1.82) is 0 Å². The van der Waals surface area contributed by atoms with Gasteiger partial charge in [-0.25, -0.2) is 4.79 Å². The average Bonchev–Trinajstić information content (AvgIpc) is 2.75. The van der Waals surface area contributed by atoms with Crippen LogP contribution in [0.1, 0.15) is 33.3 Å². The van der Waals surface area contributed by atoms with Crippen LogP contribution in [0.3, 0.4) is 0 Å². The minimum Gasteiger partial charge on any atom is -0.463 e. The third-order valence-electron chi connectivity index (χ3n) is 5.24. The highest BCUT2D eigenvalue weighted by Gasteiger charge is 2.52. The highest BCUT2D eigenvalue weighted by molar-refractivity contribution is 5.80. The molecule has 0 bridgehead atoms. The number of carbonyl (C=O) groups is 4. The fourth-order valence-electron chi connectivity index (χ4n) is 4.05. The molecule has 1 aliphatic rings. The Morgan fingerprint density at radius 1 is 0.800 bits per heavy atom. The lowest BCUT2D eigenvalue weighted by Crippen LogP contribution is -2.62. The molecule has 1 aromatic carbocycles. The smallest absolute Gasteiger partial charge is 0.336 e. The van der Waals surface area contributed by atoms with E-state index in [0.717, 1.165) is 13.8 Å². The molecule has 35 heavy (non-hydrogen) atoms. The third-order valence-corrected chi connectivity index (χ3v) is 5.24. The summed E-state index contributed by atoms with van der Waals surface area (Å²) in [6.45, 7) is 4.33. The van der Waals surface area contributed by atoms with E-state index >= 15 is 0 Å². The van der Waals surface area contributed by atoms with Crippen LogP contribution in [0.15, 0.2) is 39.5 Å². The number of esters is 4. The van der Waals surface area contributed by atoms with Crippen molar-refractivity contribution < 1.29 is 47.3 Å². The Labute approximate surface area is 200 Å². The molecule has 1 aromatic heterocycles. The minimum absolute atomic E-state index is 0.0329. The molecule has 188 valence electrons. The minimum atomic E-state index is -1.27. The fourth-order valence-corrected chi connectivity index (χ4v) is 4.05. The molecule has 0 N–H and O–H groups in total. The molecule has 0 unspecified atom stereocenters. The Morgan fingerprint density at radius 2 is 1.37 bits per heavy atom. The number of hydrogen-bond donors (Lipinski definition) is 0. The number of benzene rings is 1. The Bertz CT molecular complexity index is 1170. The van der Waals surface area contributed by atoms with Crippen molar-refractivity contribution in [2.75, 3.05) is 6.61 Å². The quantitative estimate of drug-likeness (QED) is 0.316. The predicted octanol–water partition coefficient (Wildman–Crippen LogP) is 1.46. The first kappa shape index (κ1) is 25.9. The zero-order chi connectivity index (χ0) is 25.7. The summed E-state index contributed by atoms with van der Waals surface area (Å²) >= 11 is 0. The molecule has 3 rings (SSSR count). The van der Waals surface area contributed by atoms with E-state index in [4.69, 9.17) is 28.1 Å². The molecule has 1 saturated heterocycles. The van der Waals surface area contributed by atoms with Crippen LogP contribution in [0.25, 0.3) is 11.0 Å². The van der Waals surface area contributed by atoms with Crippen molar-refractivity contribution in [1.82, 2.24) is 0 Å². The van der Waals surface area contributed by atoms with Crippen LogP contribution in [0, 0.1) is 0 Å². The molecule has 0 radical (unpaired) electrons. The lowest BCUT2D eigenvalue weighted by atomic mass is 9.90. The molecular weight excluding hydrogens is 464 g/mol. The van der Waals surface area contributed by atoms with Crippen molar-refractivity contribution >= 4 is 34.8 Å². The van der Waals surface area contributed by atoms with Gasteiger partial charge in [-0.05, 0) is 11.6 Å². The summed E-state index contributed by atoms with van der Waals surface area (Å²) in [6, 6.07) is 8.14. The molecule has 5 atom stereocenters. The van der Waals surface area contributed by atoms with Gasteiger partial charge in [0, 0.05) is 45.6 Å². The van der Waals surface area contributed by atoms with Gasteiger partial charge in [-0.3, -0.25) is 19.2 Å². The summed E-state index contributed by atoms with van der Waals surface area (Å²) in [6.07, 6.45) is -5.72. The predicted molar refractivity (Wildman–Crippen MR) is 118 cm³/mol. The van der Waals surface area contributed by atoms with Crippen LogP contribution in [-0.4, -0.2) is 61.0 Å². The second kappa shape index (κ2) is 11.1. The average molecular weight is 490 g/mol. The van der Waals surface area contributed by atoms with Gasteiger partial charge >= 0.3 is 29.5 Å². The Morgan fingerprint density at radius 3 is 1.97 bits per heavy atom. The van der Waals surface area contributed by atoms with Crippen LogP contribution in [0.4, 0.5) is 0 Å². The van der Waals surface area contributed by atoms with E-state index in [1.165, 1.54) is 19.9 Å². The largest absolute Gasteiger partial charge is 0.463 e. The summed E-state index contributed by atoms with van der Waals surface area (Å²) in [5, 5.41) is 0.625. The lowest BCUT2D eigenvalue weighted by Gasteiger charge is -2.44. The first-order valence-corrected chi connectivity index (χ1v) is 10.9. The lowest BCUT2D eigenvalue weighted by molar-refractivity contribution is -0.252. The van der Waals surface area contributed by atoms with Crippen LogP contribution < -0.4 is 5.63 Å². The third kappa shape index (κ3) is 6.66. The standard InChI is InChI=1S/C24H26O11/c1-12(25)30-11-20-23(32-14(3)27)24(33-15(4)28)22(31-13(2)26)19(34-20)9-16-10-21(29)35-18-8-6-5-7-17(16)18/h5-8,10,19-20,22-24H,9,11H2,1-4H3/t19-,20+,22-,23-,24+/m0/s1. The summed E-state index contributed by atoms with van der Waals surface area (Å²) in [5.74, 6) is -2.74. The molecule has 0 saturated carbocycles. The van der Waals surface area contributed by atoms with Crippen molar-refractivity contribution in [3.63, 3.8) is 0 Å². The Kier molecular flexibility index (Phi) is 8.23. The van der Waals surface area contributed by atoms with E-state index < -0.39 is 60.0 Å². The number of carbonyl (C=O) groups excluding carboxylic acids is 4. The first-order chi connectivity index (χ1) is 16.5. The molecule has 0 aliphatic carbocycles. The topological polar surface area (TPSA) is 145 Å². The number of para-hydroxylation sites is 1. The Balaban J connectivity index is 2.07. The van der Waals surface area contributed by atoms with Crippen molar-refractivity contribution in [2.45, 2.75) is 64.6 Å². The molecule has 2 heterocycles. The monoisotopic (exact) mass is 490 g/mol. The highest BCUT2D eigenvalue weighted by Crippen LogP contribution is 2.32. The van der Waals surface area contributed by atoms with Gasteiger partial charge < -0.3 is 28.1 Å². The maximum absolute atomic E-state index is 12.2. The molecule has 11 heteroatoms. The van der Waals surface area contributed by atoms with Gasteiger partial charge in [0.05, 0.1) is 0 Å². The van der Waals surface area contributed by atoms with Crippen LogP contribution in [0.2, 0.25) is 0 Å². The fraction of sp³-hybridized carbons (Fsp3) is 0.458. The molecule has 1 fully saturated rings. The van der Waals surface area contributed by atoms with E-state index in [1.807, 2.05) is 0 Å². The normalized spacial score (nSPS) is 23.8. The second-order valence-electron chi connectivity index (χ2n) is 8.03. The zero-order valence-electron chi connectivity index (χ0n) is 19.7. The highest BCUT2D eigenvalue weighted by atomic mass is 16.7. The number of rotatable bonds is 7. The zero-order valence-corrected chi connectivity index (χ0v) is 19.7. The maximum atomic E-state index is 12.2. The maximum Gasteiger partial charge on any atom is 0.336 e. The molecule has 1 aliphatic heterocycles. The van der Waals surface area contributed by atoms with Crippen molar-refractivity contribution in [2.24, 2.45) is 0 Å². The summed E-state index contributed by atoms with van der Waals surface area (Å²) in [4.78, 5) is 59.4. The molecule has 0 amide bonds. The molecule has 2 aromatic rings. The van der Waals surface area contributed by atoms with Crippen LogP contribution in [-0.2, 0) is 49.3 Å². The number of ether oxygens (including phenoxy) is 5. The SMILES string of the molecule is CC(=O)OC[C@H]1O[C@@H](Cc2cc(=O)oc3ccccc23)[C@H](OC(C)=O)[C@@H](OC(C)=O)[C@H]1OC(C)=O. The van der Waals surface area contributed by atoms with E-state index in [9.17, 15) is 24.0 Å². The Hall–Kier alpha value is -3.73. The van der Waals surface area contributed by atoms with Gasteiger partial charge in [0.15, 0.2) is 18.3 Å². The summed E-state index contributed by atoms with van der Waals surface area (Å²) < 4.78 is 32.7. The van der Waals surface area contributed by atoms with Gasteiger partial charge in [0.1, 0.15) is 24.4 Å². The second-order valence-corrected chi connectivity index (χ2v) is 8.03. The van der Waals surface area contributed by atoms with Crippen molar-refractivity contribution in [3.05, 3.63) is 46.3 Å². The van der Waals surface area contributed by atoms with Gasteiger partial charge in [0.2, 0.25) is 0 Å². The van der Waals surface area contributed by atoms with Gasteiger partial charge in [-0.15, -0.1) is 0 Å². The molecule has 0 spiro atoms. The van der Waals surface area contributed by atoms with E-state index in [1.54, 1.807) is 24.3 Å². The van der Waals surface area contributed by atoms with Gasteiger partial charge in [0.25, 0.3) is 0 Å². The van der Waals surface area contributed by atoms with E-state index in [-0.39, 0.29) is 13.0 Å². The van der Waals surface area contributed by atoms with Crippen LogP contribution >= 0.6 is 0 Å². The number of hydrogen-bond acceptors (Lipinski definition) is 11. The van der Waals surface area contributed by atoms with Gasteiger partial charge in [-0.2, -0.15) is 0 Å². The summed E-state index contributed by atoms with van der Waals surface area (Å²) in [5.41, 5.74) is 0.280. The first-order valence-electron chi connectivity index (χ1n) is 10.9. The van der Waals surface area contributed by atoms with Crippen molar-refractivity contribution in [3.8, 4) is 0 Å². The summed E-state index contributed by atoms with van der Waals surface area (Å²) in [7, 11) is 0. The molecule has 11 nitrogen and oxygen atoms in total.